The summed E-state index contributed by atoms with van der Waals surface area (Å²) >= 11 is 3.50. The highest BCUT2D eigenvalue weighted by atomic mass is 79.9. The molecule has 1 aromatic heterocycles. The van der Waals surface area contributed by atoms with E-state index < -0.39 is 0 Å². The van der Waals surface area contributed by atoms with Crippen LogP contribution in [0.5, 0.6) is 0 Å². The fourth-order valence-corrected chi connectivity index (χ4v) is 2.45. The van der Waals surface area contributed by atoms with Crippen LogP contribution in [0.15, 0.2) is 10.7 Å². The first-order chi connectivity index (χ1) is 6.04. The Bertz CT molecular complexity index is 308. The zero-order valence-corrected chi connectivity index (χ0v) is 9.50. The second kappa shape index (κ2) is 2.82. The van der Waals surface area contributed by atoms with Crippen molar-refractivity contribution in [2.75, 3.05) is 0 Å². The molecule has 0 aromatic carbocycles. The topological polar surface area (TPSA) is 43.8 Å². The maximum Gasteiger partial charge on any atom is 0.0635 e. The predicted molar refractivity (Wildman–Crippen MR) is 55.5 cm³/mol. The minimum absolute atomic E-state index is 0.0241. The van der Waals surface area contributed by atoms with E-state index in [1.807, 2.05) is 17.9 Å². The molecule has 13 heavy (non-hydrogen) atoms. The van der Waals surface area contributed by atoms with Crippen LogP contribution < -0.4 is 5.73 Å². The van der Waals surface area contributed by atoms with Crippen molar-refractivity contribution in [1.82, 2.24) is 9.78 Å². The van der Waals surface area contributed by atoms with Crippen LogP contribution in [0.1, 0.15) is 31.4 Å². The second-order valence-corrected chi connectivity index (χ2v) is 4.81. The summed E-state index contributed by atoms with van der Waals surface area (Å²) in [5.74, 6) is 0.384. The average Bonchev–Trinajstić information content (AvgIpc) is 2.73. The first kappa shape index (κ1) is 9.21. The lowest BCUT2D eigenvalue weighted by Crippen LogP contribution is -2.30. The molecular weight excluding hydrogens is 230 g/mol. The summed E-state index contributed by atoms with van der Waals surface area (Å²) in [5, 5.41) is 4.19. The largest absolute Gasteiger partial charge is 0.325 e. The maximum absolute atomic E-state index is 6.16. The van der Waals surface area contributed by atoms with Crippen molar-refractivity contribution in [3.63, 3.8) is 0 Å². The molecule has 1 aromatic rings. The van der Waals surface area contributed by atoms with Crippen molar-refractivity contribution in [2.45, 2.75) is 31.2 Å². The molecule has 1 aliphatic carbocycles. The molecule has 2 N–H and O–H groups in total. The van der Waals surface area contributed by atoms with E-state index in [0.29, 0.717) is 5.92 Å². The molecule has 0 amide bonds. The molecule has 72 valence electrons. The Balaban J connectivity index is 2.34. The van der Waals surface area contributed by atoms with Gasteiger partial charge in [-0.3, -0.25) is 4.68 Å². The molecule has 1 fully saturated rings. The third kappa shape index (κ3) is 1.42. The number of halogens is 1. The molecule has 2 rings (SSSR count). The summed E-state index contributed by atoms with van der Waals surface area (Å²) in [7, 11) is 1.96. The van der Waals surface area contributed by atoms with Gasteiger partial charge in [0.1, 0.15) is 0 Å². The lowest BCUT2D eigenvalue weighted by Gasteiger charge is -2.19. The van der Waals surface area contributed by atoms with E-state index in [-0.39, 0.29) is 5.54 Å². The van der Waals surface area contributed by atoms with Gasteiger partial charge < -0.3 is 5.73 Å². The van der Waals surface area contributed by atoms with Gasteiger partial charge in [0, 0.05) is 18.5 Å². The third-order valence-corrected chi connectivity index (χ3v) is 3.65. The van der Waals surface area contributed by atoms with Crippen LogP contribution in [0.25, 0.3) is 0 Å². The summed E-state index contributed by atoms with van der Waals surface area (Å²) in [6, 6.07) is 0. The van der Waals surface area contributed by atoms with Gasteiger partial charge in [-0.05, 0) is 28.8 Å². The summed E-state index contributed by atoms with van der Waals surface area (Å²) in [4.78, 5) is 0. The number of nitrogens with two attached hydrogens (primary N) is 1. The lowest BCUT2D eigenvalue weighted by molar-refractivity contribution is 0.515. The zero-order chi connectivity index (χ0) is 9.64. The fraction of sp³-hybridized carbons (Fsp3) is 0.667. The third-order valence-electron chi connectivity index (χ3n) is 3.04. The summed E-state index contributed by atoms with van der Waals surface area (Å²) in [6.45, 7) is 2.18. The number of hydrogen-bond donors (Lipinski definition) is 1. The molecule has 0 saturated heterocycles. The van der Waals surface area contributed by atoms with E-state index in [0.717, 1.165) is 17.3 Å². The highest BCUT2D eigenvalue weighted by molar-refractivity contribution is 9.10. The second-order valence-electron chi connectivity index (χ2n) is 3.96. The van der Waals surface area contributed by atoms with Gasteiger partial charge in [-0.1, -0.05) is 6.92 Å². The van der Waals surface area contributed by atoms with E-state index >= 15 is 0 Å². The van der Waals surface area contributed by atoms with Crippen molar-refractivity contribution >= 4 is 15.9 Å². The van der Waals surface area contributed by atoms with E-state index in [2.05, 4.69) is 28.0 Å². The van der Waals surface area contributed by atoms with Crippen molar-refractivity contribution < 1.29 is 0 Å². The molecule has 1 aliphatic rings. The summed E-state index contributed by atoms with van der Waals surface area (Å²) in [5.41, 5.74) is 7.39. The van der Waals surface area contributed by atoms with E-state index in [1.54, 1.807) is 0 Å². The smallest absolute Gasteiger partial charge is 0.0635 e. The molecule has 3 nitrogen and oxygen atoms in total. The quantitative estimate of drug-likeness (QED) is 0.861. The normalized spacial score (nSPS) is 21.5. The van der Waals surface area contributed by atoms with Crippen molar-refractivity contribution in [3.8, 4) is 0 Å². The van der Waals surface area contributed by atoms with Gasteiger partial charge in [-0.15, -0.1) is 0 Å². The molecule has 1 unspecified atom stereocenters. The Labute approximate surface area is 86.4 Å². The Morgan fingerprint density at radius 3 is 2.69 bits per heavy atom. The summed E-state index contributed by atoms with van der Waals surface area (Å²) < 4.78 is 2.97. The van der Waals surface area contributed by atoms with E-state index in [1.165, 1.54) is 5.69 Å². The monoisotopic (exact) mass is 243 g/mol. The molecule has 4 heteroatoms. The molecule has 1 saturated carbocycles. The van der Waals surface area contributed by atoms with Crippen molar-refractivity contribution in [2.24, 2.45) is 12.8 Å². The van der Waals surface area contributed by atoms with Crippen LogP contribution in [0.4, 0.5) is 0 Å². The minimum Gasteiger partial charge on any atom is -0.325 e. The van der Waals surface area contributed by atoms with Crippen LogP contribution >= 0.6 is 15.9 Å². The summed E-state index contributed by atoms with van der Waals surface area (Å²) in [6.07, 6.45) is 4.09. The van der Waals surface area contributed by atoms with Crippen LogP contribution in [0, 0.1) is 0 Å². The Morgan fingerprint density at radius 2 is 2.31 bits per heavy atom. The van der Waals surface area contributed by atoms with E-state index in [9.17, 15) is 0 Å². The SMILES string of the molecule is CC(c1c(Br)cnn1C)C1(N)CC1. The highest BCUT2D eigenvalue weighted by Crippen LogP contribution is 2.45. The van der Waals surface area contributed by atoms with Gasteiger partial charge in [0.25, 0.3) is 0 Å². The van der Waals surface area contributed by atoms with Gasteiger partial charge in [0.05, 0.1) is 16.4 Å². The molecular formula is C9H14BrN3. The average molecular weight is 244 g/mol. The van der Waals surface area contributed by atoms with Crippen LogP contribution in [0.2, 0.25) is 0 Å². The first-order valence-electron chi connectivity index (χ1n) is 4.51. The van der Waals surface area contributed by atoms with Crippen LogP contribution in [-0.2, 0) is 7.05 Å². The number of nitrogens with zero attached hydrogens (tertiary/aromatic N) is 2. The van der Waals surface area contributed by atoms with Crippen LogP contribution in [-0.4, -0.2) is 15.3 Å². The van der Waals surface area contributed by atoms with Gasteiger partial charge in [-0.2, -0.15) is 5.10 Å². The Morgan fingerprint density at radius 1 is 1.69 bits per heavy atom. The number of hydrogen-bond acceptors (Lipinski definition) is 2. The first-order valence-corrected chi connectivity index (χ1v) is 5.30. The highest BCUT2D eigenvalue weighted by Gasteiger charge is 2.45. The number of aromatic nitrogens is 2. The number of rotatable bonds is 2. The Hall–Kier alpha value is -0.350. The van der Waals surface area contributed by atoms with E-state index in [4.69, 9.17) is 5.73 Å². The Kier molecular flexibility index (Phi) is 2.00. The van der Waals surface area contributed by atoms with Gasteiger partial charge in [-0.25, -0.2) is 0 Å². The van der Waals surface area contributed by atoms with Crippen LogP contribution in [0.3, 0.4) is 0 Å². The van der Waals surface area contributed by atoms with Crippen molar-refractivity contribution in [1.29, 1.82) is 0 Å². The fourth-order valence-electron chi connectivity index (χ4n) is 1.76. The predicted octanol–water partition coefficient (Wildman–Crippen LogP) is 1.78. The molecule has 1 heterocycles. The molecule has 0 bridgehead atoms. The van der Waals surface area contributed by atoms with Crippen molar-refractivity contribution in [3.05, 3.63) is 16.4 Å². The lowest BCUT2D eigenvalue weighted by atomic mass is 9.97. The molecule has 0 spiro atoms. The van der Waals surface area contributed by atoms with Gasteiger partial charge >= 0.3 is 0 Å². The number of aryl methyl sites for hydroxylation is 1. The van der Waals surface area contributed by atoms with Gasteiger partial charge in [0.15, 0.2) is 0 Å². The molecule has 1 atom stereocenters. The zero-order valence-electron chi connectivity index (χ0n) is 7.92. The molecule has 0 radical (unpaired) electrons. The maximum atomic E-state index is 6.16. The minimum atomic E-state index is 0.0241. The standard InChI is InChI=1S/C9H14BrN3/c1-6(9(11)3-4-9)8-7(10)5-12-13(8)2/h5-6H,3-4,11H2,1-2H3. The van der Waals surface area contributed by atoms with Gasteiger partial charge in [0.2, 0.25) is 0 Å². The molecule has 0 aliphatic heterocycles.